The average molecular weight is 237 g/mol. The van der Waals surface area contributed by atoms with Crippen molar-refractivity contribution in [2.45, 2.75) is 20.3 Å². The second-order valence-electron chi connectivity index (χ2n) is 4.40. The van der Waals surface area contributed by atoms with Gasteiger partial charge in [0.1, 0.15) is 11.3 Å². The smallest absolute Gasteiger partial charge is 0.164 e. The van der Waals surface area contributed by atoms with E-state index in [1.807, 2.05) is 18.3 Å². The van der Waals surface area contributed by atoms with Crippen LogP contribution < -0.4 is 0 Å². The largest absolute Gasteiger partial charge is 0.281 e. The Labute approximate surface area is 106 Å². The summed E-state index contributed by atoms with van der Waals surface area (Å²) in [5.41, 5.74) is 4.26. The lowest BCUT2D eigenvalue weighted by Crippen LogP contribution is -2.01. The number of hydrogen-bond donors (Lipinski definition) is 0. The molecule has 3 heteroatoms. The van der Waals surface area contributed by atoms with Crippen LogP contribution in [-0.4, -0.2) is 14.5 Å². The highest BCUT2D eigenvalue weighted by Crippen LogP contribution is 2.20. The summed E-state index contributed by atoms with van der Waals surface area (Å²) in [6.07, 6.45) is 2.71. The standard InChI is InChI=1S/C15H15N3/c1-3-14-17-13-8-5-9-16-15(13)18(14)12-7-4-6-11(2)10-12/h4-10H,3H2,1-2H3. The predicted molar refractivity (Wildman–Crippen MR) is 73.0 cm³/mol. The third-order valence-electron chi connectivity index (χ3n) is 3.06. The van der Waals surface area contributed by atoms with E-state index in [0.717, 1.165) is 29.1 Å². The van der Waals surface area contributed by atoms with Crippen LogP contribution in [0.3, 0.4) is 0 Å². The fourth-order valence-corrected chi connectivity index (χ4v) is 2.23. The van der Waals surface area contributed by atoms with Crippen LogP contribution in [0.5, 0.6) is 0 Å². The van der Waals surface area contributed by atoms with Crippen LogP contribution >= 0.6 is 0 Å². The van der Waals surface area contributed by atoms with E-state index in [1.165, 1.54) is 5.56 Å². The van der Waals surface area contributed by atoms with E-state index in [1.54, 1.807) is 0 Å². The van der Waals surface area contributed by atoms with Crippen LogP contribution in [0.4, 0.5) is 0 Å². The number of benzene rings is 1. The van der Waals surface area contributed by atoms with Crippen molar-refractivity contribution in [1.29, 1.82) is 0 Å². The van der Waals surface area contributed by atoms with E-state index in [0.29, 0.717) is 0 Å². The first-order chi connectivity index (χ1) is 8.79. The van der Waals surface area contributed by atoms with Gasteiger partial charge in [-0.15, -0.1) is 0 Å². The van der Waals surface area contributed by atoms with Gasteiger partial charge in [0.2, 0.25) is 0 Å². The maximum Gasteiger partial charge on any atom is 0.164 e. The molecule has 18 heavy (non-hydrogen) atoms. The Bertz CT molecular complexity index is 698. The van der Waals surface area contributed by atoms with E-state index in [4.69, 9.17) is 0 Å². The number of aromatic nitrogens is 3. The molecule has 3 aromatic rings. The quantitative estimate of drug-likeness (QED) is 0.684. The van der Waals surface area contributed by atoms with Gasteiger partial charge in [-0.1, -0.05) is 19.1 Å². The van der Waals surface area contributed by atoms with E-state index in [2.05, 4.69) is 52.6 Å². The first kappa shape index (κ1) is 11.0. The maximum atomic E-state index is 4.64. The number of rotatable bonds is 2. The van der Waals surface area contributed by atoms with Gasteiger partial charge in [0, 0.05) is 18.3 Å². The molecule has 0 saturated carbocycles. The Morgan fingerprint density at radius 2 is 2.06 bits per heavy atom. The summed E-state index contributed by atoms with van der Waals surface area (Å²) >= 11 is 0. The lowest BCUT2D eigenvalue weighted by molar-refractivity contribution is 0.900. The molecule has 0 aliphatic heterocycles. The highest BCUT2D eigenvalue weighted by molar-refractivity contribution is 5.73. The van der Waals surface area contributed by atoms with Crippen molar-refractivity contribution in [2.75, 3.05) is 0 Å². The molecule has 0 spiro atoms. The molecule has 2 aromatic heterocycles. The average Bonchev–Trinajstić information content (AvgIpc) is 2.77. The van der Waals surface area contributed by atoms with E-state index >= 15 is 0 Å². The zero-order valence-corrected chi connectivity index (χ0v) is 10.6. The van der Waals surface area contributed by atoms with Gasteiger partial charge in [-0.25, -0.2) is 9.97 Å². The normalized spacial score (nSPS) is 11.0. The van der Waals surface area contributed by atoms with Crippen molar-refractivity contribution in [2.24, 2.45) is 0 Å². The molecule has 0 atom stereocenters. The van der Waals surface area contributed by atoms with Crippen molar-refractivity contribution >= 4 is 11.2 Å². The summed E-state index contributed by atoms with van der Waals surface area (Å²) in [6.45, 7) is 4.22. The highest BCUT2D eigenvalue weighted by atomic mass is 15.1. The molecular weight excluding hydrogens is 222 g/mol. The third-order valence-corrected chi connectivity index (χ3v) is 3.06. The van der Waals surface area contributed by atoms with Crippen LogP contribution in [0.1, 0.15) is 18.3 Å². The molecule has 3 nitrogen and oxygen atoms in total. The molecule has 90 valence electrons. The number of hydrogen-bond acceptors (Lipinski definition) is 2. The van der Waals surface area contributed by atoms with Gasteiger partial charge >= 0.3 is 0 Å². The van der Waals surface area contributed by atoms with Crippen LogP contribution in [0.2, 0.25) is 0 Å². The van der Waals surface area contributed by atoms with Gasteiger partial charge in [-0.3, -0.25) is 4.57 Å². The fraction of sp³-hybridized carbons (Fsp3) is 0.200. The van der Waals surface area contributed by atoms with E-state index in [-0.39, 0.29) is 0 Å². The first-order valence-electron chi connectivity index (χ1n) is 6.19. The Morgan fingerprint density at radius 1 is 1.17 bits per heavy atom. The number of pyridine rings is 1. The molecule has 0 fully saturated rings. The van der Waals surface area contributed by atoms with Crippen molar-refractivity contribution < 1.29 is 0 Å². The Kier molecular flexibility index (Phi) is 2.59. The molecule has 0 bridgehead atoms. The molecule has 0 radical (unpaired) electrons. The summed E-state index contributed by atoms with van der Waals surface area (Å²) in [4.78, 5) is 9.09. The number of aryl methyl sites for hydroxylation is 2. The summed E-state index contributed by atoms with van der Waals surface area (Å²) in [5.74, 6) is 1.05. The van der Waals surface area contributed by atoms with Crippen molar-refractivity contribution in [1.82, 2.24) is 14.5 Å². The second-order valence-corrected chi connectivity index (χ2v) is 4.40. The van der Waals surface area contributed by atoms with Gasteiger partial charge < -0.3 is 0 Å². The van der Waals surface area contributed by atoms with Crippen LogP contribution in [0, 0.1) is 6.92 Å². The lowest BCUT2D eigenvalue weighted by atomic mass is 10.2. The fourth-order valence-electron chi connectivity index (χ4n) is 2.23. The number of imidazole rings is 1. The molecule has 1 aromatic carbocycles. The number of fused-ring (bicyclic) bond motifs is 1. The molecular formula is C15H15N3. The van der Waals surface area contributed by atoms with Crippen LogP contribution in [-0.2, 0) is 6.42 Å². The molecule has 3 rings (SSSR count). The predicted octanol–water partition coefficient (Wildman–Crippen LogP) is 3.29. The molecule has 2 heterocycles. The summed E-state index contributed by atoms with van der Waals surface area (Å²) in [7, 11) is 0. The molecule has 0 unspecified atom stereocenters. The van der Waals surface area contributed by atoms with Gasteiger partial charge in [0.15, 0.2) is 5.65 Å². The Morgan fingerprint density at radius 3 is 2.83 bits per heavy atom. The van der Waals surface area contributed by atoms with E-state index in [9.17, 15) is 0 Å². The first-order valence-corrected chi connectivity index (χ1v) is 6.19. The molecule has 0 aliphatic carbocycles. The summed E-state index contributed by atoms with van der Waals surface area (Å²) < 4.78 is 2.14. The summed E-state index contributed by atoms with van der Waals surface area (Å²) in [6, 6.07) is 12.4. The van der Waals surface area contributed by atoms with Crippen molar-refractivity contribution in [3.63, 3.8) is 0 Å². The van der Waals surface area contributed by atoms with Gasteiger partial charge in [0.25, 0.3) is 0 Å². The van der Waals surface area contributed by atoms with Crippen molar-refractivity contribution in [3.8, 4) is 5.69 Å². The zero-order chi connectivity index (χ0) is 12.5. The molecule has 0 amide bonds. The highest BCUT2D eigenvalue weighted by Gasteiger charge is 2.11. The SMILES string of the molecule is CCc1nc2cccnc2n1-c1cccc(C)c1. The topological polar surface area (TPSA) is 30.7 Å². The van der Waals surface area contributed by atoms with Gasteiger partial charge in [0.05, 0.1) is 0 Å². The molecule has 0 aliphatic rings. The van der Waals surface area contributed by atoms with Gasteiger partial charge in [-0.2, -0.15) is 0 Å². The maximum absolute atomic E-state index is 4.64. The minimum Gasteiger partial charge on any atom is -0.281 e. The number of nitrogens with zero attached hydrogens (tertiary/aromatic N) is 3. The minimum atomic E-state index is 0.893. The van der Waals surface area contributed by atoms with Crippen LogP contribution in [0.15, 0.2) is 42.6 Å². The third kappa shape index (κ3) is 1.68. The Balaban J connectivity index is 2.33. The van der Waals surface area contributed by atoms with Crippen LogP contribution in [0.25, 0.3) is 16.9 Å². The van der Waals surface area contributed by atoms with Gasteiger partial charge in [-0.05, 0) is 36.8 Å². The lowest BCUT2D eigenvalue weighted by Gasteiger charge is -2.08. The minimum absolute atomic E-state index is 0.893. The molecule has 0 N–H and O–H groups in total. The zero-order valence-electron chi connectivity index (χ0n) is 10.6. The van der Waals surface area contributed by atoms with Crippen molar-refractivity contribution in [3.05, 3.63) is 54.0 Å². The molecule has 0 saturated heterocycles. The second kappa shape index (κ2) is 4.26. The monoisotopic (exact) mass is 237 g/mol. The van der Waals surface area contributed by atoms with E-state index < -0.39 is 0 Å². The Hall–Kier alpha value is -2.16. The summed E-state index contributed by atoms with van der Waals surface area (Å²) in [5, 5.41) is 0.